The molecule has 2 N–H and O–H groups in total. The Kier molecular flexibility index (Phi) is 4.02. The van der Waals surface area contributed by atoms with Crippen molar-refractivity contribution in [3.63, 3.8) is 0 Å². The second-order valence-electron chi connectivity index (χ2n) is 5.44. The Labute approximate surface area is 125 Å². The van der Waals surface area contributed by atoms with E-state index in [0.717, 1.165) is 12.8 Å². The average molecular weight is 280 g/mol. The first kappa shape index (κ1) is 13.8. The van der Waals surface area contributed by atoms with Crippen LogP contribution in [0.2, 0.25) is 0 Å². The van der Waals surface area contributed by atoms with Gasteiger partial charge in [-0.3, -0.25) is 4.79 Å². The van der Waals surface area contributed by atoms with Gasteiger partial charge < -0.3 is 10.6 Å². The van der Waals surface area contributed by atoms with Crippen molar-refractivity contribution in [2.75, 3.05) is 6.54 Å². The molecule has 3 heteroatoms. The van der Waals surface area contributed by atoms with Gasteiger partial charge in [0, 0.05) is 0 Å². The fourth-order valence-electron chi connectivity index (χ4n) is 3.27. The molecule has 1 fully saturated rings. The molecule has 0 bridgehead atoms. The van der Waals surface area contributed by atoms with Gasteiger partial charge in [0.15, 0.2) is 0 Å². The van der Waals surface area contributed by atoms with E-state index < -0.39 is 0 Å². The van der Waals surface area contributed by atoms with Crippen LogP contribution in [-0.2, 0) is 4.79 Å². The van der Waals surface area contributed by atoms with Gasteiger partial charge >= 0.3 is 0 Å². The fraction of sp³-hybridized carbons (Fsp3) is 0.278. The van der Waals surface area contributed by atoms with E-state index in [-0.39, 0.29) is 24.5 Å². The lowest BCUT2D eigenvalue weighted by Gasteiger charge is -2.30. The molecule has 0 spiro atoms. The molecular weight excluding hydrogens is 260 g/mol. The Morgan fingerprint density at radius 1 is 0.905 bits per heavy atom. The van der Waals surface area contributed by atoms with Crippen molar-refractivity contribution in [3.8, 4) is 0 Å². The van der Waals surface area contributed by atoms with Gasteiger partial charge in [-0.1, -0.05) is 60.7 Å². The highest BCUT2D eigenvalue weighted by molar-refractivity contribution is 5.79. The highest BCUT2D eigenvalue weighted by Gasteiger charge is 2.37. The molecule has 2 aromatic rings. The third-order valence-corrected chi connectivity index (χ3v) is 4.22. The number of nitrogens with zero attached hydrogens (tertiary/aromatic N) is 1. The number of hydrogen-bond donors (Lipinski definition) is 1. The molecule has 1 amide bonds. The Morgan fingerprint density at radius 2 is 1.33 bits per heavy atom. The number of benzene rings is 2. The lowest BCUT2D eigenvalue weighted by atomic mass is 10.0. The van der Waals surface area contributed by atoms with Crippen LogP contribution in [0.5, 0.6) is 0 Å². The second-order valence-corrected chi connectivity index (χ2v) is 5.44. The van der Waals surface area contributed by atoms with Gasteiger partial charge in [0.2, 0.25) is 5.91 Å². The van der Waals surface area contributed by atoms with Gasteiger partial charge in [-0.15, -0.1) is 0 Å². The number of hydrogen-bond acceptors (Lipinski definition) is 2. The summed E-state index contributed by atoms with van der Waals surface area (Å²) in [4.78, 5) is 14.4. The summed E-state index contributed by atoms with van der Waals surface area (Å²) in [5.41, 5.74) is 8.03. The van der Waals surface area contributed by atoms with Crippen molar-refractivity contribution in [3.05, 3.63) is 71.8 Å². The maximum Gasteiger partial charge on any atom is 0.237 e. The molecule has 108 valence electrons. The maximum absolute atomic E-state index is 12.4. The minimum absolute atomic E-state index is 0.0233. The summed E-state index contributed by atoms with van der Waals surface area (Å²) in [5.74, 6) is 0.0233. The van der Waals surface area contributed by atoms with E-state index in [2.05, 4.69) is 24.3 Å². The molecule has 2 aromatic carbocycles. The molecule has 0 aromatic heterocycles. The van der Waals surface area contributed by atoms with E-state index >= 15 is 0 Å². The van der Waals surface area contributed by atoms with Crippen molar-refractivity contribution in [1.29, 1.82) is 0 Å². The van der Waals surface area contributed by atoms with Crippen molar-refractivity contribution in [1.82, 2.24) is 4.90 Å². The highest BCUT2D eigenvalue weighted by Crippen LogP contribution is 2.43. The fourth-order valence-corrected chi connectivity index (χ4v) is 3.27. The molecule has 3 nitrogen and oxygen atoms in total. The van der Waals surface area contributed by atoms with Crippen LogP contribution in [0.1, 0.15) is 36.1 Å². The van der Waals surface area contributed by atoms with E-state index in [4.69, 9.17) is 5.73 Å². The third-order valence-electron chi connectivity index (χ3n) is 4.22. The molecule has 3 rings (SSSR count). The predicted octanol–water partition coefficient (Wildman–Crippen LogP) is 3.05. The number of likely N-dealkylation sites (tertiary alicyclic amines) is 1. The van der Waals surface area contributed by atoms with Gasteiger partial charge in [-0.25, -0.2) is 0 Å². The van der Waals surface area contributed by atoms with Crippen LogP contribution in [0.3, 0.4) is 0 Å². The molecule has 1 heterocycles. The first-order valence-electron chi connectivity index (χ1n) is 7.42. The summed E-state index contributed by atoms with van der Waals surface area (Å²) < 4.78 is 0. The topological polar surface area (TPSA) is 46.3 Å². The lowest BCUT2D eigenvalue weighted by molar-refractivity contribution is -0.132. The van der Waals surface area contributed by atoms with Crippen LogP contribution in [0.4, 0.5) is 0 Å². The quantitative estimate of drug-likeness (QED) is 0.939. The number of carbonyl (C=O) groups is 1. The number of nitrogens with two attached hydrogens (primary N) is 1. The minimum Gasteiger partial charge on any atom is -0.328 e. The molecule has 0 saturated carbocycles. The molecule has 0 aliphatic carbocycles. The van der Waals surface area contributed by atoms with Crippen LogP contribution in [-0.4, -0.2) is 17.4 Å². The van der Waals surface area contributed by atoms with Crippen LogP contribution in [0.15, 0.2) is 60.7 Å². The van der Waals surface area contributed by atoms with E-state index in [1.165, 1.54) is 11.1 Å². The smallest absolute Gasteiger partial charge is 0.237 e. The number of rotatable bonds is 3. The summed E-state index contributed by atoms with van der Waals surface area (Å²) in [6.45, 7) is 0.0622. The molecule has 1 aliphatic rings. The van der Waals surface area contributed by atoms with Crippen LogP contribution in [0.25, 0.3) is 0 Å². The monoisotopic (exact) mass is 280 g/mol. The van der Waals surface area contributed by atoms with Crippen molar-refractivity contribution in [2.45, 2.75) is 24.9 Å². The molecular formula is C18H20N2O. The second kappa shape index (κ2) is 6.10. The number of carbonyl (C=O) groups excluding carboxylic acids is 1. The van der Waals surface area contributed by atoms with Crippen LogP contribution < -0.4 is 5.73 Å². The summed E-state index contributed by atoms with van der Waals surface area (Å²) in [6.07, 6.45) is 1.96. The standard InChI is InChI=1S/C18H20N2O/c19-13-18(21)20-16(14-7-3-1-4-8-14)11-12-17(20)15-9-5-2-6-10-15/h1-10,16-17H,11-13,19H2. The Morgan fingerprint density at radius 3 is 1.71 bits per heavy atom. The summed E-state index contributed by atoms with van der Waals surface area (Å²) >= 11 is 0. The van der Waals surface area contributed by atoms with Gasteiger partial charge in [-0.2, -0.15) is 0 Å². The van der Waals surface area contributed by atoms with Crippen molar-refractivity contribution in [2.24, 2.45) is 5.73 Å². The zero-order valence-electron chi connectivity index (χ0n) is 12.0. The molecule has 1 aliphatic heterocycles. The molecule has 2 unspecified atom stereocenters. The van der Waals surface area contributed by atoms with E-state index in [0.29, 0.717) is 0 Å². The summed E-state index contributed by atoms with van der Waals surface area (Å²) in [6, 6.07) is 20.7. The van der Waals surface area contributed by atoms with Crippen LogP contribution in [0, 0.1) is 0 Å². The molecule has 0 radical (unpaired) electrons. The third kappa shape index (κ3) is 2.69. The molecule has 2 atom stereocenters. The van der Waals surface area contributed by atoms with E-state index in [1.807, 2.05) is 41.3 Å². The molecule has 1 saturated heterocycles. The first-order valence-corrected chi connectivity index (χ1v) is 7.42. The zero-order chi connectivity index (χ0) is 14.7. The Bertz CT molecular complexity index is 550. The largest absolute Gasteiger partial charge is 0.328 e. The van der Waals surface area contributed by atoms with Crippen LogP contribution >= 0.6 is 0 Å². The molecule has 21 heavy (non-hydrogen) atoms. The van der Waals surface area contributed by atoms with Gasteiger partial charge in [0.05, 0.1) is 18.6 Å². The first-order chi connectivity index (χ1) is 10.3. The zero-order valence-corrected chi connectivity index (χ0v) is 12.0. The Balaban J connectivity index is 1.95. The number of amides is 1. The van der Waals surface area contributed by atoms with Gasteiger partial charge in [-0.05, 0) is 24.0 Å². The predicted molar refractivity (Wildman–Crippen MR) is 83.5 cm³/mol. The van der Waals surface area contributed by atoms with E-state index in [1.54, 1.807) is 0 Å². The van der Waals surface area contributed by atoms with Gasteiger partial charge in [0.1, 0.15) is 0 Å². The van der Waals surface area contributed by atoms with Gasteiger partial charge in [0.25, 0.3) is 0 Å². The Hall–Kier alpha value is -2.13. The maximum atomic E-state index is 12.4. The lowest BCUT2D eigenvalue weighted by Crippen LogP contribution is -2.37. The highest BCUT2D eigenvalue weighted by atomic mass is 16.2. The van der Waals surface area contributed by atoms with Crippen molar-refractivity contribution >= 4 is 5.91 Å². The summed E-state index contributed by atoms with van der Waals surface area (Å²) in [5, 5.41) is 0. The normalized spacial score (nSPS) is 21.5. The van der Waals surface area contributed by atoms with Crippen molar-refractivity contribution < 1.29 is 4.79 Å². The summed E-state index contributed by atoms with van der Waals surface area (Å²) in [7, 11) is 0. The SMILES string of the molecule is NCC(=O)N1C(c2ccccc2)CCC1c1ccccc1. The average Bonchev–Trinajstić information content (AvgIpc) is 3.00. The van der Waals surface area contributed by atoms with E-state index in [9.17, 15) is 4.79 Å². The minimum atomic E-state index is 0.0233.